The Bertz CT molecular complexity index is 781. The standard InChI is InChI=1S/C18H25N7O/c1-11-12(2)23-16(18(26)19-4)24-17(11)25-8-5-14(10-25)22-13(3)15-9-20-6-7-21-15/h6-7,9,13-14,22H,5,8,10H2,1-4H3,(H,19,26)/t13?,14-/m1/s1. The highest BCUT2D eigenvalue weighted by Crippen LogP contribution is 2.25. The van der Waals surface area contributed by atoms with E-state index in [1.807, 2.05) is 13.8 Å². The van der Waals surface area contributed by atoms with E-state index in [2.05, 4.69) is 42.4 Å². The summed E-state index contributed by atoms with van der Waals surface area (Å²) in [5.74, 6) is 0.794. The number of hydrogen-bond acceptors (Lipinski definition) is 7. The highest BCUT2D eigenvalue weighted by atomic mass is 16.2. The van der Waals surface area contributed by atoms with Gasteiger partial charge in [0.25, 0.3) is 5.91 Å². The second kappa shape index (κ2) is 7.74. The molecule has 1 fully saturated rings. The van der Waals surface area contributed by atoms with E-state index in [9.17, 15) is 4.79 Å². The van der Waals surface area contributed by atoms with Gasteiger partial charge in [0, 0.05) is 62.1 Å². The number of carbonyl (C=O) groups is 1. The zero-order valence-corrected chi connectivity index (χ0v) is 15.7. The fraction of sp³-hybridized carbons (Fsp3) is 0.500. The highest BCUT2D eigenvalue weighted by Gasteiger charge is 2.27. The van der Waals surface area contributed by atoms with E-state index in [-0.39, 0.29) is 17.8 Å². The first kappa shape index (κ1) is 18.2. The van der Waals surface area contributed by atoms with Gasteiger partial charge in [-0.1, -0.05) is 0 Å². The van der Waals surface area contributed by atoms with Crippen molar-refractivity contribution in [1.82, 2.24) is 30.6 Å². The van der Waals surface area contributed by atoms with Gasteiger partial charge in [0.05, 0.1) is 5.69 Å². The summed E-state index contributed by atoms with van der Waals surface area (Å²) in [6.07, 6.45) is 6.18. The maximum absolute atomic E-state index is 11.9. The van der Waals surface area contributed by atoms with Crippen molar-refractivity contribution in [1.29, 1.82) is 0 Å². The summed E-state index contributed by atoms with van der Waals surface area (Å²) in [4.78, 5) is 31.5. The minimum Gasteiger partial charge on any atom is -0.355 e. The van der Waals surface area contributed by atoms with E-state index in [1.54, 1.807) is 25.6 Å². The van der Waals surface area contributed by atoms with Crippen LogP contribution in [0, 0.1) is 13.8 Å². The molecule has 8 heteroatoms. The molecule has 3 heterocycles. The molecule has 0 aromatic carbocycles. The molecule has 2 atom stereocenters. The highest BCUT2D eigenvalue weighted by molar-refractivity contribution is 5.90. The van der Waals surface area contributed by atoms with Gasteiger partial charge in [-0.15, -0.1) is 0 Å². The number of anilines is 1. The molecule has 26 heavy (non-hydrogen) atoms. The van der Waals surface area contributed by atoms with Crippen LogP contribution in [0.25, 0.3) is 0 Å². The normalized spacial score (nSPS) is 18.0. The average Bonchev–Trinajstić information content (AvgIpc) is 3.12. The number of carbonyl (C=O) groups excluding carboxylic acids is 1. The SMILES string of the molecule is CNC(=O)c1nc(C)c(C)c(N2CC[C@@H](NC(C)c3cnccn3)C2)n1. The summed E-state index contributed by atoms with van der Waals surface area (Å²) < 4.78 is 0. The van der Waals surface area contributed by atoms with Gasteiger partial charge < -0.3 is 15.5 Å². The molecule has 0 radical (unpaired) electrons. The fourth-order valence-electron chi connectivity index (χ4n) is 3.20. The van der Waals surface area contributed by atoms with Gasteiger partial charge in [-0.2, -0.15) is 0 Å². The van der Waals surface area contributed by atoms with Crippen molar-refractivity contribution in [2.24, 2.45) is 0 Å². The molecule has 0 spiro atoms. The van der Waals surface area contributed by atoms with Crippen molar-refractivity contribution < 1.29 is 4.79 Å². The van der Waals surface area contributed by atoms with E-state index in [0.29, 0.717) is 6.04 Å². The quantitative estimate of drug-likeness (QED) is 0.831. The Morgan fingerprint density at radius 3 is 2.81 bits per heavy atom. The maximum atomic E-state index is 11.9. The lowest BCUT2D eigenvalue weighted by atomic mass is 10.2. The van der Waals surface area contributed by atoms with Crippen LogP contribution in [0.5, 0.6) is 0 Å². The molecular weight excluding hydrogens is 330 g/mol. The lowest BCUT2D eigenvalue weighted by Crippen LogP contribution is -2.35. The van der Waals surface area contributed by atoms with Gasteiger partial charge in [-0.3, -0.25) is 14.8 Å². The molecule has 0 bridgehead atoms. The lowest BCUT2D eigenvalue weighted by molar-refractivity contribution is 0.0952. The van der Waals surface area contributed by atoms with Crippen molar-refractivity contribution in [2.45, 2.75) is 39.3 Å². The molecular formula is C18H25N7O. The monoisotopic (exact) mass is 355 g/mol. The van der Waals surface area contributed by atoms with Crippen molar-refractivity contribution >= 4 is 11.7 Å². The summed E-state index contributed by atoms with van der Waals surface area (Å²) in [6.45, 7) is 7.72. The number of aromatic nitrogens is 4. The Morgan fingerprint density at radius 1 is 1.31 bits per heavy atom. The Balaban J connectivity index is 1.72. The summed E-state index contributed by atoms with van der Waals surface area (Å²) in [5, 5.41) is 6.20. The van der Waals surface area contributed by atoms with Crippen molar-refractivity contribution in [3.8, 4) is 0 Å². The second-order valence-electron chi connectivity index (χ2n) is 6.61. The van der Waals surface area contributed by atoms with Crippen LogP contribution in [0.1, 0.15) is 47.0 Å². The zero-order valence-electron chi connectivity index (χ0n) is 15.7. The number of nitrogens with one attached hydrogen (secondary N) is 2. The first-order chi connectivity index (χ1) is 12.5. The third-order valence-electron chi connectivity index (χ3n) is 4.79. The van der Waals surface area contributed by atoms with Crippen molar-refractivity contribution in [3.05, 3.63) is 41.4 Å². The van der Waals surface area contributed by atoms with E-state index in [4.69, 9.17) is 0 Å². The first-order valence-electron chi connectivity index (χ1n) is 8.83. The van der Waals surface area contributed by atoms with Gasteiger partial charge in [-0.25, -0.2) is 9.97 Å². The van der Waals surface area contributed by atoms with Crippen molar-refractivity contribution in [3.63, 3.8) is 0 Å². The van der Waals surface area contributed by atoms with E-state index in [1.165, 1.54) is 0 Å². The molecule has 0 saturated carbocycles. The minimum absolute atomic E-state index is 0.128. The molecule has 138 valence electrons. The number of amides is 1. The Kier molecular flexibility index (Phi) is 5.41. The van der Waals surface area contributed by atoms with E-state index in [0.717, 1.165) is 42.3 Å². The van der Waals surface area contributed by atoms with E-state index < -0.39 is 0 Å². The fourth-order valence-corrected chi connectivity index (χ4v) is 3.20. The van der Waals surface area contributed by atoms with Crippen LogP contribution in [-0.4, -0.2) is 52.0 Å². The predicted octanol–water partition coefficient (Wildman–Crippen LogP) is 1.17. The molecule has 8 nitrogen and oxygen atoms in total. The topological polar surface area (TPSA) is 95.9 Å². The van der Waals surface area contributed by atoms with Crippen LogP contribution in [0.4, 0.5) is 5.82 Å². The minimum atomic E-state index is -0.264. The van der Waals surface area contributed by atoms with Crippen LogP contribution >= 0.6 is 0 Å². The summed E-state index contributed by atoms with van der Waals surface area (Å²) in [5.41, 5.74) is 2.78. The third-order valence-corrected chi connectivity index (χ3v) is 4.79. The van der Waals surface area contributed by atoms with Crippen LogP contribution < -0.4 is 15.5 Å². The molecule has 1 unspecified atom stereocenters. The molecule has 1 aliphatic heterocycles. The zero-order chi connectivity index (χ0) is 18.7. The van der Waals surface area contributed by atoms with Gasteiger partial charge in [0.1, 0.15) is 5.82 Å². The van der Waals surface area contributed by atoms with Crippen molar-refractivity contribution in [2.75, 3.05) is 25.0 Å². The van der Waals surface area contributed by atoms with Gasteiger partial charge >= 0.3 is 0 Å². The lowest BCUT2D eigenvalue weighted by Gasteiger charge is -2.22. The number of hydrogen-bond donors (Lipinski definition) is 2. The average molecular weight is 355 g/mol. The van der Waals surface area contributed by atoms with Crippen LogP contribution in [0.3, 0.4) is 0 Å². The number of rotatable bonds is 5. The molecule has 1 saturated heterocycles. The van der Waals surface area contributed by atoms with Gasteiger partial charge in [0.2, 0.25) is 5.82 Å². The van der Waals surface area contributed by atoms with Crippen LogP contribution in [-0.2, 0) is 0 Å². The smallest absolute Gasteiger partial charge is 0.288 e. The second-order valence-corrected chi connectivity index (χ2v) is 6.61. The summed E-state index contributed by atoms with van der Waals surface area (Å²) >= 11 is 0. The van der Waals surface area contributed by atoms with E-state index >= 15 is 0 Å². The largest absolute Gasteiger partial charge is 0.355 e. The molecule has 0 aliphatic carbocycles. The third kappa shape index (κ3) is 3.80. The van der Waals surface area contributed by atoms with Gasteiger partial charge in [-0.05, 0) is 27.2 Å². The molecule has 2 aromatic heterocycles. The Morgan fingerprint density at radius 2 is 2.12 bits per heavy atom. The molecule has 3 rings (SSSR count). The Hall–Kier alpha value is -2.61. The van der Waals surface area contributed by atoms with Crippen LogP contribution in [0.2, 0.25) is 0 Å². The molecule has 2 N–H and O–H groups in total. The number of nitrogens with zero attached hydrogens (tertiary/aromatic N) is 5. The summed E-state index contributed by atoms with van der Waals surface area (Å²) in [7, 11) is 1.59. The van der Waals surface area contributed by atoms with Gasteiger partial charge in [0.15, 0.2) is 0 Å². The van der Waals surface area contributed by atoms with Crippen LogP contribution in [0.15, 0.2) is 18.6 Å². The summed E-state index contributed by atoms with van der Waals surface area (Å²) in [6, 6.07) is 0.452. The predicted molar refractivity (Wildman–Crippen MR) is 99.1 cm³/mol. The molecule has 1 aliphatic rings. The first-order valence-corrected chi connectivity index (χ1v) is 8.83. The maximum Gasteiger partial charge on any atom is 0.288 e. The molecule has 1 amide bonds. The number of aryl methyl sites for hydroxylation is 1. The Labute approximate surface area is 153 Å². The molecule has 2 aromatic rings.